The maximum atomic E-state index is 12.8. The summed E-state index contributed by atoms with van der Waals surface area (Å²) in [6.45, 7) is 0. The van der Waals surface area contributed by atoms with Crippen molar-refractivity contribution >= 4 is 50.6 Å². The van der Waals surface area contributed by atoms with Crippen LogP contribution in [0.5, 0.6) is 0 Å². The van der Waals surface area contributed by atoms with E-state index < -0.39 is 0 Å². The molecule has 0 spiro atoms. The van der Waals surface area contributed by atoms with Crippen molar-refractivity contribution in [2.24, 2.45) is 5.10 Å². The second kappa shape index (κ2) is 8.00. The third-order valence-electron chi connectivity index (χ3n) is 4.30. The van der Waals surface area contributed by atoms with Crippen LogP contribution < -0.4 is 5.43 Å². The predicted octanol–water partition coefficient (Wildman–Crippen LogP) is 6.01. The fourth-order valence-electron chi connectivity index (χ4n) is 3.03. The van der Waals surface area contributed by atoms with Crippen LogP contribution in [0.1, 0.15) is 16.1 Å². The van der Waals surface area contributed by atoms with E-state index in [0.717, 1.165) is 32.1 Å². The quantitative estimate of drug-likeness (QED) is 0.289. The summed E-state index contributed by atoms with van der Waals surface area (Å²) in [6.07, 6.45) is 1.60. The van der Waals surface area contributed by atoms with Crippen LogP contribution in [-0.4, -0.2) is 17.1 Å². The Hall–Kier alpha value is -2.89. The fourth-order valence-corrected chi connectivity index (χ4v) is 3.48. The molecule has 4 aromatic rings. The highest BCUT2D eigenvalue weighted by Gasteiger charge is 2.19. The molecule has 6 heteroatoms. The number of aromatic amines is 1. The second-order valence-corrected chi connectivity index (χ2v) is 7.53. The molecule has 0 saturated heterocycles. The van der Waals surface area contributed by atoms with Crippen LogP contribution in [-0.2, 0) is 0 Å². The third kappa shape index (κ3) is 3.86. The Morgan fingerprint density at radius 1 is 1.04 bits per heavy atom. The van der Waals surface area contributed by atoms with E-state index in [4.69, 9.17) is 11.6 Å². The van der Waals surface area contributed by atoms with E-state index in [0.29, 0.717) is 10.7 Å². The number of fused-ring (bicyclic) bond motifs is 1. The van der Waals surface area contributed by atoms with Crippen molar-refractivity contribution in [1.82, 2.24) is 10.4 Å². The van der Waals surface area contributed by atoms with E-state index in [1.807, 2.05) is 72.8 Å². The number of hydrogen-bond donors (Lipinski definition) is 2. The van der Waals surface area contributed by atoms with Gasteiger partial charge in [0.2, 0.25) is 0 Å². The second-order valence-electron chi connectivity index (χ2n) is 6.18. The number of benzene rings is 3. The van der Waals surface area contributed by atoms with Crippen LogP contribution in [0.25, 0.3) is 22.0 Å². The van der Waals surface area contributed by atoms with Crippen molar-refractivity contribution < 1.29 is 4.79 Å². The number of halogens is 2. The topological polar surface area (TPSA) is 57.2 Å². The molecule has 28 heavy (non-hydrogen) atoms. The Labute approximate surface area is 175 Å². The Kier molecular flexibility index (Phi) is 5.28. The van der Waals surface area contributed by atoms with Gasteiger partial charge in [0, 0.05) is 26.0 Å². The van der Waals surface area contributed by atoms with Gasteiger partial charge >= 0.3 is 0 Å². The van der Waals surface area contributed by atoms with Crippen LogP contribution in [0.15, 0.2) is 82.4 Å². The maximum Gasteiger partial charge on any atom is 0.288 e. The standard InChI is InChI=1S/C22H15BrClN3O/c23-16-10-8-14(9-11-16)13-25-27-22(28)21-20(15-4-3-5-17(24)12-15)18-6-1-2-7-19(18)26-21/h1-13,26H,(H,27,28). The molecule has 0 aliphatic carbocycles. The van der Waals surface area contributed by atoms with Gasteiger partial charge < -0.3 is 4.98 Å². The van der Waals surface area contributed by atoms with Crippen molar-refractivity contribution in [3.63, 3.8) is 0 Å². The lowest BCUT2D eigenvalue weighted by atomic mass is 10.0. The predicted molar refractivity (Wildman–Crippen MR) is 118 cm³/mol. The van der Waals surface area contributed by atoms with Crippen molar-refractivity contribution in [2.75, 3.05) is 0 Å². The van der Waals surface area contributed by atoms with Gasteiger partial charge in [-0.15, -0.1) is 0 Å². The van der Waals surface area contributed by atoms with E-state index in [2.05, 4.69) is 31.4 Å². The average molecular weight is 453 g/mol. The molecule has 1 aromatic heterocycles. The van der Waals surface area contributed by atoms with Gasteiger partial charge in [0.25, 0.3) is 5.91 Å². The summed E-state index contributed by atoms with van der Waals surface area (Å²) in [4.78, 5) is 16.0. The molecular weight excluding hydrogens is 438 g/mol. The van der Waals surface area contributed by atoms with Crippen LogP contribution in [0.3, 0.4) is 0 Å². The molecule has 4 nitrogen and oxygen atoms in total. The largest absolute Gasteiger partial charge is 0.350 e. The first-order valence-electron chi connectivity index (χ1n) is 8.57. The molecule has 0 aliphatic heterocycles. The van der Waals surface area contributed by atoms with Gasteiger partial charge in [-0.05, 0) is 41.5 Å². The van der Waals surface area contributed by atoms with Gasteiger partial charge in [-0.1, -0.05) is 70.0 Å². The van der Waals surface area contributed by atoms with Gasteiger partial charge in [0.1, 0.15) is 5.69 Å². The Balaban J connectivity index is 1.68. The molecule has 0 saturated carbocycles. The zero-order valence-corrected chi connectivity index (χ0v) is 17.0. The van der Waals surface area contributed by atoms with Crippen LogP contribution in [0.2, 0.25) is 5.02 Å². The highest BCUT2D eigenvalue weighted by molar-refractivity contribution is 9.10. The lowest BCUT2D eigenvalue weighted by Gasteiger charge is -2.05. The first kappa shape index (κ1) is 18.5. The number of aromatic nitrogens is 1. The minimum atomic E-state index is -0.320. The summed E-state index contributed by atoms with van der Waals surface area (Å²) >= 11 is 9.56. The van der Waals surface area contributed by atoms with Gasteiger partial charge in [-0.25, -0.2) is 5.43 Å². The number of carbonyl (C=O) groups is 1. The molecule has 138 valence electrons. The number of hydrazone groups is 1. The lowest BCUT2D eigenvalue weighted by Crippen LogP contribution is -2.18. The molecule has 0 radical (unpaired) electrons. The number of rotatable bonds is 4. The van der Waals surface area contributed by atoms with E-state index >= 15 is 0 Å². The van der Waals surface area contributed by atoms with Gasteiger partial charge in [0.15, 0.2) is 0 Å². The minimum absolute atomic E-state index is 0.320. The van der Waals surface area contributed by atoms with Crippen molar-refractivity contribution in [2.45, 2.75) is 0 Å². The zero-order chi connectivity index (χ0) is 19.5. The number of H-pyrrole nitrogens is 1. The van der Waals surface area contributed by atoms with Gasteiger partial charge in [-0.3, -0.25) is 4.79 Å². The summed E-state index contributed by atoms with van der Waals surface area (Å²) in [6, 6.07) is 22.9. The molecule has 1 amide bonds. The van der Waals surface area contributed by atoms with Crippen LogP contribution in [0.4, 0.5) is 0 Å². The highest BCUT2D eigenvalue weighted by Crippen LogP contribution is 2.33. The molecule has 0 bridgehead atoms. The van der Waals surface area contributed by atoms with E-state index in [-0.39, 0.29) is 5.91 Å². The normalized spacial score (nSPS) is 11.2. The van der Waals surface area contributed by atoms with Crippen molar-refractivity contribution in [1.29, 1.82) is 0 Å². The number of carbonyl (C=O) groups excluding carboxylic acids is 1. The number of para-hydroxylation sites is 1. The molecule has 4 rings (SSSR count). The molecule has 3 aromatic carbocycles. The molecule has 0 unspecified atom stereocenters. The summed E-state index contributed by atoms with van der Waals surface area (Å²) in [5.41, 5.74) is 6.47. The molecule has 0 fully saturated rings. The molecule has 0 aliphatic rings. The SMILES string of the molecule is O=C(NN=Cc1ccc(Br)cc1)c1[nH]c2ccccc2c1-c1cccc(Cl)c1. The Morgan fingerprint density at radius 3 is 2.61 bits per heavy atom. The van der Waals surface area contributed by atoms with Gasteiger partial charge in [0.05, 0.1) is 6.21 Å². The summed E-state index contributed by atoms with van der Waals surface area (Å²) in [7, 11) is 0. The molecule has 0 atom stereocenters. The number of amides is 1. The van der Waals surface area contributed by atoms with Crippen LogP contribution >= 0.6 is 27.5 Å². The summed E-state index contributed by atoms with van der Waals surface area (Å²) in [5, 5.41) is 5.65. The van der Waals surface area contributed by atoms with Crippen molar-refractivity contribution in [3.05, 3.63) is 93.5 Å². The average Bonchev–Trinajstić information content (AvgIpc) is 3.09. The fraction of sp³-hybridized carbons (Fsp3) is 0. The van der Waals surface area contributed by atoms with Crippen molar-refractivity contribution in [3.8, 4) is 11.1 Å². The summed E-state index contributed by atoms with van der Waals surface area (Å²) < 4.78 is 0.984. The molecular formula is C22H15BrClN3O. The van der Waals surface area contributed by atoms with E-state index in [9.17, 15) is 4.79 Å². The number of nitrogens with zero attached hydrogens (tertiary/aromatic N) is 1. The molecule has 1 heterocycles. The van der Waals surface area contributed by atoms with Crippen LogP contribution in [0, 0.1) is 0 Å². The minimum Gasteiger partial charge on any atom is -0.350 e. The monoisotopic (exact) mass is 451 g/mol. The summed E-state index contributed by atoms with van der Waals surface area (Å²) in [5.74, 6) is -0.320. The number of hydrogen-bond acceptors (Lipinski definition) is 2. The lowest BCUT2D eigenvalue weighted by molar-refractivity contribution is 0.0951. The Morgan fingerprint density at radius 2 is 1.82 bits per heavy atom. The first-order chi connectivity index (χ1) is 13.6. The maximum absolute atomic E-state index is 12.8. The van der Waals surface area contributed by atoms with E-state index in [1.165, 1.54) is 0 Å². The Bertz CT molecular complexity index is 1180. The first-order valence-corrected chi connectivity index (χ1v) is 9.74. The molecule has 2 N–H and O–H groups in total. The van der Waals surface area contributed by atoms with E-state index in [1.54, 1.807) is 6.21 Å². The van der Waals surface area contributed by atoms with Gasteiger partial charge in [-0.2, -0.15) is 5.10 Å². The highest BCUT2D eigenvalue weighted by atomic mass is 79.9. The zero-order valence-electron chi connectivity index (χ0n) is 14.6. The number of nitrogens with one attached hydrogen (secondary N) is 2. The third-order valence-corrected chi connectivity index (χ3v) is 5.06. The smallest absolute Gasteiger partial charge is 0.288 e.